The Morgan fingerprint density at radius 3 is 2.33 bits per heavy atom. The number of rotatable bonds is 4. The van der Waals surface area contributed by atoms with E-state index in [0.29, 0.717) is 5.92 Å². The molecule has 0 radical (unpaired) electrons. The molecule has 0 aliphatic heterocycles. The van der Waals surface area contributed by atoms with Crippen molar-refractivity contribution in [3.63, 3.8) is 0 Å². The average Bonchev–Trinajstić information content (AvgIpc) is 2.60. The summed E-state index contributed by atoms with van der Waals surface area (Å²) in [5.74, 6) is -1.82. The van der Waals surface area contributed by atoms with Crippen LogP contribution in [0.3, 0.4) is 0 Å². The third kappa shape index (κ3) is 4.19. The van der Waals surface area contributed by atoms with E-state index < -0.39 is 11.6 Å². The molecule has 4 heteroatoms. The molecular formula is C20H20F2O2. The first-order chi connectivity index (χ1) is 11.6. The Balaban J connectivity index is 1.50. The SMILES string of the molecule is O=C(Oc1ccc(F)c(F)c1)C1CCC(Cc2ccccc2)CC1. The van der Waals surface area contributed by atoms with Gasteiger partial charge in [-0.1, -0.05) is 30.3 Å². The van der Waals surface area contributed by atoms with Crippen molar-refractivity contribution >= 4 is 5.97 Å². The molecule has 0 N–H and O–H groups in total. The Morgan fingerprint density at radius 2 is 1.67 bits per heavy atom. The molecule has 2 nitrogen and oxygen atoms in total. The van der Waals surface area contributed by atoms with Crippen molar-refractivity contribution in [3.8, 4) is 5.75 Å². The molecule has 0 heterocycles. The van der Waals surface area contributed by atoms with Crippen molar-refractivity contribution in [1.82, 2.24) is 0 Å². The quantitative estimate of drug-likeness (QED) is 0.587. The normalized spacial score (nSPS) is 20.6. The highest BCUT2D eigenvalue weighted by molar-refractivity contribution is 5.75. The smallest absolute Gasteiger partial charge is 0.314 e. The van der Waals surface area contributed by atoms with E-state index in [-0.39, 0.29) is 17.6 Å². The van der Waals surface area contributed by atoms with E-state index in [4.69, 9.17) is 4.74 Å². The molecule has 1 saturated carbocycles. The number of hydrogen-bond acceptors (Lipinski definition) is 2. The molecule has 2 aromatic carbocycles. The third-order valence-corrected chi connectivity index (χ3v) is 4.66. The Labute approximate surface area is 140 Å². The van der Waals surface area contributed by atoms with E-state index in [0.717, 1.165) is 44.2 Å². The molecule has 0 spiro atoms. The number of halogens is 2. The maximum atomic E-state index is 13.2. The van der Waals surface area contributed by atoms with Crippen LogP contribution in [0.15, 0.2) is 48.5 Å². The van der Waals surface area contributed by atoms with E-state index >= 15 is 0 Å². The van der Waals surface area contributed by atoms with E-state index in [1.807, 2.05) is 18.2 Å². The molecule has 1 aliphatic carbocycles. The summed E-state index contributed by atoms with van der Waals surface area (Å²) in [6.45, 7) is 0. The Hall–Kier alpha value is -2.23. The van der Waals surface area contributed by atoms with Gasteiger partial charge in [0.2, 0.25) is 0 Å². The van der Waals surface area contributed by atoms with Gasteiger partial charge < -0.3 is 4.74 Å². The van der Waals surface area contributed by atoms with Crippen molar-refractivity contribution < 1.29 is 18.3 Å². The molecular weight excluding hydrogens is 310 g/mol. The minimum atomic E-state index is -1.01. The van der Waals surface area contributed by atoms with Crippen LogP contribution < -0.4 is 4.74 Å². The molecule has 24 heavy (non-hydrogen) atoms. The maximum absolute atomic E-state index is 13.2. The van der Waals surface area contributed by atoms with Gasteiger partial charge in [0.25, 0.3) is 0 Å². The molecule has 2 aromatic rings. The molecule has 0 saturated heterocycles. The van der Waals surface area contributed by atoms with Gasteiger partial charge in [0.05, 0.1) is 5.92 Å². The van der Waals surface area contributed by atoms with Crippen LogP contribution in [0.1, 0.15) is 31.2 Å². The lowest BCUT2D eigenvalue weighted by molar-refractivity contribution is -0.140. The van der Waals surface area contributed by atoms with Crippen molar-refractivity contribution in [2.45, 2.75) is 32.1 Å². The van der Waals surface area contributed by atoms with E-state index in [1.54, 1.807) is 0 Å². The number of ether oxygens (including phenoxy) is 1. The van der Waals surface area contributed by atoms with Crippen LogP contribution in [-0.4, -0.2) is 5.97 Å². The van der Waals surface area contributed by atoms with Crippen molar-refractivity contribution in [2.75, 3.05) is 0 Å². The van der Waals surface area contributed by atoms with E-state index in [1.165, 1.54) is 11.6 Å². The summed E-state index contributed by atoms with van der Waals surface area (Å²) < 4.78 is 31.3. The molecule has 0 bridgehead atoms. The fourth-order valence-electron chi connectivity index (χ4n) is 3.29. The first-order valence-corrected chi connectivity index (χ1v) is 8.32. The third-order valence-electron chi connectivity index (χ3n) is 4.66. The van der Waals surface area contributed by atoms with Gasteiger partial charge in [0.1, 0.15) is 5.75 Å². The van der Waals surface area contributed by atoms with Gasteiger partial charge >= 0.3 is 5.97 Å². The minimum Gasteiger partial charge on any atom is -0.426 e. The molecule has 1 aliphatic rings. The summed E-state index contributed by atoms with van der Waals surface area (Å²) in [5.41, 5.74) is 1.32. The zero-order valence-corrected chi connectivity index (χ0v) is 13.4. The second kappa shape index (κ2) is 7.56. The van der Waals surface area contributed by atoms with Crippen LogP contribution in [0.4, 0.5) is 8.78 Å². The molecule has 1 fully saturated rings. The number of carbonyl (C=O) groups is 1. The number of carbonyl (C=O) groups excluding carboxylic acids is 1. The minimum absolute atomic E-state index is 0.0605. The van der Waals surface area contributed by atoms with Crippen molar-refractivity contribution in [1.29, 1.82) is 0 Å². The van der Waals surface area contributed by atoms with Gasteiger partial charge in [0.15, 0.2) is 11.6 Å². The summed E-state index contributed by atoms with van der Waals surface area (Å²) in [4.78, 5) is 12.2. The second-order valence-electron chi connectivity index (χ2n) is 6.40. The number of hydrogen-bond donors (Lipinski definition) is 0. The van der Waals surface area contributed by atoms with Gasteiger partial charge in [-0.15, -0.1) is 0 Å². The summed E-state index contributed by atoms with van der Waals surface area (Å²) >= 11 is 0. The van der Waals surface area contributed by atoms with Crippen molar-refractivity contribution in [3.05, 3.63) is 65.7 Å². The summed E-state index contributed by atoms with van der Waals surface area (Å²) in [6, 6.07) is 13.5. The lowest BCUT2D eigenvalue weighted by Crippen LogP contribution is -2.26. The van der Waals surface area contributed by atoms with E-state index in [9.17, 15) is 13.6 Å². The number of benzene rings is 2. The standard InChI is InChI=1S/C20H20F2O2/c21-18-11-10-17(13-19(18)22)24-20(23)16-8-6-15(7-9-16)12-14-4-2-1-3-5-14/h1-5,10-11,13,15-16H,6-9,12H2. The Kier molecular flexibility index (Phi) is 5.24. The van der Waals surface area contributed by atoms with Crippen LogP contribution in [-0.2, 0) is 11.2 Å². The van der Waals surface area contributed by atoms with E-state index in [2.05, 4.69) is 12.1 Å². The molecule has 3 rings (SSSR count). The lowest BCUT2D eigenvalue weighted by Gasteiger charge is -2.27. The predicted octanol–water partition coefficient (Wildman–Crippen LogP) is 4.92. The van der Waals surface area contributed by atoms with Crippen LogP contribution in [0.5, 0.6) is 5.75 Å². The number of esters is 1. The zero-order valence-electron chi connectivity index (χ0n) is 13.4. The molecule has 126 valence electrons. The maximum Gasteiger partial charge on any atom is 0.314 e. The van der Waals surface area contributed by atoms with Gasteiger partial charge in [-0.3, -0.25) is 4.79 Å². The highest BCUT2D eigenvalue weighted by Crippen LogP contribution is 2.32. The monoisotopic (exact) mass is 330 g/mol. The van der Waals surface area contributed by atoms with Gasteiger partial charge in [0, 0.05) is 6.07 Å². The van der Waals surface area contributed by atoms with Crippen LogP contribution in [0.25, 0.3) is 0 Å². The highest BCUT2D eigenvalue weighted by Gasteiger charge is 2.28. The van der Waals surface area contributed by atoms with Gasteiger partial charge in [-0.2, -0.15) is 0 Å². The van der Waals surface area contributed by atoms with Crippen LogP contribution >= 0.6 is 0 Å². The summed E-state index contributed by atoms with van der Waals surface area (Å²) in [5, 5.41) is 0. The second-order valence-corrected chi connectivity index (χ2v) is 6.40. The van der Waals surface area contributed by atoms with Crippen LogP contribution in [0.2, 0.25) is 0 Å². The topological polar surface area (TPSA) is 26.3 Å². The first-order valence-electron chi connectivity index (χ1n) is 8.32. The van der Waals surface area contributed by atoms with Crippen LogP contribution in [0, 0.1) is 23.5 Å². The van der Waals surface area contributed by atoms with Gasteiger partial charge in [-0.25, -0.2) is 8.78 Å². The molecule has 0 atom stereocenters. The Morgan fingerprint density at radius 1 is 0.958 bits per heavy atom. The largest absolute Gasteiger partial charge is 0.426 e. The Bertz CT molecular complexity index is 692. The first kappa shape index (κ1) is 16.6. The van der Waals surface area contributed by atoms with Gasteiger partial charge in [-0.05, 0) is 55.7 Å². The summed E-state index contributed by atoms with van der Waals surface area (Å²) in [7, 11) is 0. The average molecular weight is 330 g/mol. The fraction of sp³-hybridized carbons (Fsp3) is 0.350. The van der Waals surface area contributed by atoms with Crippen molar-refractivity contribution in [2.24, 2.45) is 11.8 Å². The molecule has 0 aromatic heterocycles. The molecule has 0 unspecified atom stereocenters. The predicted molar refractivity (Wildman–Crippen MR) is 87.6 cm³/mol. The fourth-order valence-corrected chi connectivity index (χ4v) is 3.29. The summed E-state index contributed by atoms with van der Waals surface area (Å²) in [6.07, 6.45) is 4.55. The zero-order chi connectivity index (χ0) is 16.9. The molecule has 0 amide bonds. The highest BCUT2D eigenvalue weighted by atomic mass is 19.2. The lowest BCUT2D eigenvalue weighted by atomic mass is 9.79.